The van der Waals surface area contributed by atoms with Crippen LogP contribution in [-0.2, 0) is 0 Å². The lowest BCUT2D eigenvalue weighted by Gasteiger charge is -2.12. The van der Waals surface area contributed by atoms with Gasteiger partial charge in [0.25, 0.3) is 0 Å². The van der Waals surface area contributed by atoms with Crippen molar-refractivity contribution in [1.82, 2.24) is 24.9 Å². The third-order valence-electron chi connectivity index (χ3n) is 11.8. The zero-order chi connectivity index (χ0) is 44.1. The summed E-state index contributed by atoms with van der Waals surface area (Å²) in [7, 11) is 0. The highest BCUT2D eigenvalue weighted by Gasteiger charge is 2.15. The average molecular weight is 844 g/mol. The number of hydrogen-bond donors (Lipinski definition) is 0. The van der Waals surface area contributed by atoms with Crippen molar-refractivity contribution in [3.8, 4) is 113 Å². The fourth-order valence-electron chi connectivity index (χ4n) is 8.24. The molecule has 0 aliphatic heterocycles. The highest BCUT2D eigenvalue weighted by Crippen LogP contribution is 2.33. The molecule has 0 aliphatic carbocycles. The van der Waals surface area contributed by atoms with Crippen molar-refractivity contribution in [3.05, 3.63) is 249 Å². The Morgan fingerprint density at radius 2 is 0.394 bits per heavy atom. The van der Waals surface area contributed by atoms with Gasteiger partial charge in [-0.25, -0.2) is 24.9 Å². The van der Waals surface area contributed by atoms with Crippen LogP contribution in [0.25, 0.3) is 113 Å². The van der Waals surface area contributed by atoms with Crippen LogP contribution >= 0.6 is 0 Å². The molecule has 0 saturated heterocycles. The molecule has 0 radical (unpaired) electrons. The number of aromatic nitrogens is 5. The molecule has 0 amide bonds. The highest BCUT2D eigenvalue weighted by atomic mass is 15.0. The first-order valence-electron chi connectivity index (χ1n) is 22.1. The molecule has 5 nitrogen and oxygen atoms in total. The number of nitrogens with zero attached hydrogens (tertiary/aromatic N) is 5. The van der Waals surface area contributed by atoms with Crippen LogP contribution in [-0.4, -0.2) is 24.9 Å². The van der Waals surface area contributed by atoms with Crippen molar-refractivity contribution in [1.29, 1.82) is 0 Å². The molecule has 0 unspecified atom stereocenters. The first-order valence-corrected chi connectivity index (χ1v) is 22.1. The minimum absolute atomic E-state index is 0.603. The zero-order valence-electron chi connectivity index (χ0n) is 35.9. The Kier molecular flexibility index (Phi) is 10.9. The van der Waals surface area contributed by atoms with Crippen molar-refractivity contribution < 1.29 is 0 Å². The average Bonchev–Trinajstić information content (AvgIpc) is 3.42. The molecule has 11 rings (SSSR count). The Bertz CT molecular complexity index is 3290. The lowest BCUT2D eigenvalue weighted by atomic mass is 9.99. The van der Waals surface area contributed by atoms with Gasteiger partial charge in [0.05, 0.1) is 11.4 Å². The summed E-state index contributed by atoms with van der Waals surface area (Å²) < 4.78 is 0. The summed E-state index contributed by atoms with van der Waals surface area (Å²) in [6.45, 7) is 0. The second kappa shape index (κ2) is 18.0. The van der Waals surface area contributed by atoms with Gasteiger partial charge < -0.3 is 0 Å². The number of benzene rings is 9. The molecule has 0 bridgehead atoms. The van der Waals surface area contributed by atoms with Gasteiger partial charge in [-0.2, -0.15) is 0 Å². The molecule has 2 heterocycles. The third-order valence-corrected chi connectivity index (χ3v) is 11.8. The first-order chi connectivity index (χ1) is 32.7. The second-order valence-electron chi connectivity index (χ2n) is 16.1. The maximum absolute atomic E-state index is 5.11. The Balaban J connectivity index is 0.930. The van der Waals surface area contributed by atoms with Gasteiger partial charge in [-0.3, -0.25) is 0 Å². The fraction of sp³-hybridized carbons (Fsp3) is 0. The van der Waals surface area contributed by atoms with Gasteiger partial charge >= 0.3 is 0 Å². The van der Waals surface area contributed by atoms with Crippen LogP contribution in [0.1, 0.15) is 0 Å². The molecule has 0 saturated carbocycles. The Morgan fingerprint density at radius 1 is 0.152 bits per heavy atom. The van der Waals surface area contributed by atoms with Crippen molar-refractivity contribution in [3.63, 3.8) is 0 Å². The van der Waals surface area contributed by atoms with E-state index in [-0.39, 0.29) is 0 Å². The molecule has 66 heavy (non-hydrogen) atoms. The van der Waals surface area contributed by atoms with Crippen molar-refractivity contribution >= 4 is 0 Å². The monoisotopic (exact) mass is 843 g/mol. The third kappa shape index (κ3) is 8.57. The predicted molar refractivity (Wildman–Crippen MR) is 270 cm³/mol. The topological polar surface area (TPSA) is 64.5 Å². The maximum Gasteiger partial charge on any atom is 0.164 e. The quantitative estimate of drug-likeness (QED) is 0.137. The second-order valence-corrected chi connectivity index (χ2v) is 16.1. The van der Waals surface area contributed by atoms with Gasteiger partial charge in [-0.05, 0) is 56.6 Å². The Morgan fingerprint density at radius 3 is 0.788 bits per heavy atom. The largest absolute Gasteiger partial charge is 0.228 e. The molecule has 2 aromatic heterocycles. The van der Waals surface area contributed by atoms with E-state index >= 15 is 0 Å². The Hall–Kier alpha value is -8.93. The van der Waals surface area contributed by atoms with Crippen molar-refractivity contribution in [2.75, 3.05) is 0 Å². The van der Waals surface area contributed by atoms with Crippen LogP contribution < -0.4 is 0 Å². The standard InChI is InChI=1S/C61H41N5/c1-5-14-42(15-6-1)45-24-32-49(33-25-45)56-41-57(63-58(62-56)51-20-11-4-12-21-51)50-34-26-48(27-35-50)54-22-13-23-55(40-54)61-65-59(52-36-28-46(29-37-52)43-16-7-2-8-17-43)64-60(66-61)53-38-30-47(31-39-53)44-18-9-3-10-19-44/h1-41H. The summed E-state index contributed by atoms with van der Waals surface area (Å²) in [4.78, 5) is 25.4. The SMILES string of the molecule is c1ccc(-c2ccc(-c3cc(-c4ccc(-c5cccc(-c6nc(-c7ccc(-c8ccccc8)cc7)nc(-c7ccc(-c8ccccc8)cc7)n6)c5)cc4)nc(-c4ccccc4)n3)cc2)cc1. The molecular weight excluding hydrogens is 803 g/mol. The van der Waals surface area contributed by atoms with E-state index in [4.69, 9.17) is 24.9 Å². The van der Waals surface area contributed by atoms with E-state index in [0.29, 0.717) is 23.3 Å². The van der Waals surface area contributed by atoms with Crippen LogP contribution in [0.15, 0.2) is 249 Å². The summed E-state index contributed by atoms with van der Waals surface area (Å²) >= 11 is 0. The van der Waals surface area contributed by atoms with Gasteiger partial charge in [0.15, 0.2) is 23.3 Å². The molecule has 0 N–H and O–H groups in total. The van der Waals surface area contributed by atoms with E-state index in [0.717, 1.165) is 83.7 Å². The van der Waals surface area contributed by atoms with E-state index in [1.165, 1.54) is 5.56 Å². The molecule has 11 aromatic rings. The van der Waals surface area contributed by atoms with Gasteiger partial charge in [-0.15, -0.1) is 0 Å². The number of hydrogen-bond acceptors (Lipinski definition) is 5. The minimum atomic E-state index is 0.603. The van der Waals surface area contributed by atoms with Gasteiger partial charge in [-0.1, -0.05) is 237 Å². The normalized spacial score (nSPS) is 11.0. The summed E-state index contributed by atoms with van der Waals surface area (Å²) in [5, 5.41) is 0. The summed E-state index contributed by atoms with van der Waals surface area (Å²) in [6.07, 6.45) is 0. The molecule has 310 valence electrons. The van der Waals surface area contributed by atoms with Crippen LogP contribution in [0.3, 0.4) is 0 Å². The summed E-state index contributed by atoms with van der Waals surface area (Å²) in [6, 6.07) is 85.9. The van der Waals surface area contributed by atoms with Gasteiger partial charge in [0, 0.05) is 33.4 Å². The van der Waals surface area contributed by atoms with Crippen LogP contribution in [0.2, 0.25) is 0 Å². The van der Waals surface area contributed by atoms with Gasteiger partial charge in [0.2, 0.25) is 0 Å². The van der Waals surface area contributed by atoms with Gasteiger partial charge in [0.1, 0.15) is 0 Å². The molecular formula is C61H41N5. The lowest BCUT2D eigenvalue weighted by molar-refractivity contribution is 1.07. The Labute approximate surface area is 384 Å². The van der Waals surface area contributed by atoms with Crippen molar-refractivity contribution in [2.24, 2.45) is 0 Å². The van der Waals surface area contributed by atoms with Crippen molar-refractivity contribution in [2.45, 2.75) is 0 Å². The molecule has 9 aromatic carbocycles. The molecule has 0 aliphatic rings. The van der Waals surface area contributed by atoms with E-state index < -0.39 is 0 Å². The van der Waals surface area contributed by atoms with Crippen LogP contribution in [0, 0.1) is 0 Å². The van der Waals surface area contributed by atoms with E-state index in [9.17, 15) is 0 Å². The lowest BCUT2D eigenvalue weighted by Crippen LogP contribution is -2.00. The molecule has 0 fully saturated rings. The summed E-state index contributed by atoms with van der Waals surface area (Å²) in [5.74, 6) is 2.51. The smallest absolute Gasteiger partial charge is 0.164 e. The van der Waals surface area contributed by atoms with E-state index in [1.54, 1.807) is 0 Å². The highest BCUT2D eigenvalue weighted by molar-refractivity contribution is 5.78. The first kappa shape index (κ1) is 39.9. The molecule has 0 atom stereocenters. The number of rotatable bonds is 10. The van der Waals surface area contributed by atoms with Crippen LogP contribution in [0.4, 0.5) is 0 Å². The van der Waals surface area contributed by atoms with E-state index in [1.807, 2.05) is 36.4 Å². The molecule has 0 spiro atoms. The zero-order valence-corrected chi connectivity index (χ0v) is 35.9. The predicted octanol–water partition coefficient (Wildman–Crippen LogP) is 15.3. The van der Waals surface area contributed by atoms with Crippen LogP contribution in [0.5, 0.6) is 0 Å². The molecule has 5 heteroatoms. The summed E-state index contributed by atoms with van der Waals surface area (Å²) in [5.41, 5.74) is 16.5. The fourth-order valence-corrected chi connectivity index (χ4v) is 8.24. The maximum atomic E-state index is 5.11. The minimum Gasteiger partial charge on any atom is -0.228 e. The van der Waals surface area contributed by atoms with E-state index in [2.05, 4.69) is 212 Å².